The molecule has 1 atom stereocenters. The minimum Gasteiger partial charge on any atom is -0.456 e. The summed E-state index contributed by atoms with van der Waals surface area (Å²) in [6, 6.07) is 6.31. The van der Waals surface area contributed by atoms with Crippen molar-refractivity contribution in [3.8, 4) is 11.5 Å². The van der Waals surface area contributed by atoms with Crippen molar-refractivity contribution < 1.29 is 27.4 Å². The van der Waals surface area contributed by atoms with E-state index < -0.39 is 24.6 Å². The van der Waals surface area contributed by atoms with Crippen LogP contribution < -0.4 is 9.41 Å². The standard InChI is InChI=1S/C17H16Cl2F3N2O4P/c1-2-29(27)23(8-7-18)15-10-12(4-5-14(15)24(25)26)28-16-6-3-11(9-13(16)19)17(20,21)22/h3-6,9-10,29H,2,7-8H2,1H3. The third-order valence-electron chi connectivity index (χ3n) is 3.83. The van der Waals surface area contributed by atoms with Crippen LogP contribution in [0.25, 0.3) is 0 Å². The highest BCUT2D eigenvalue weighted by molar-refractivity contribution is 7.46. The van der Waals surface area contributed by atoms with Gasteiger partial charge in [-0.15, -0.1) is 11.6 Å². The third-order valence-corrected chi connectivity index (χ3v) is 5.97. The largest absolute Gasteiger partial charge is 0.456 e. The fourth-order valence-corrected chi connectivity index (χ4v) is 4.20. The molecule has 2 rings (SSSR count). The Morgan fingerprint density at radius 3 is 2.45 bits per heavy atom. The van der Waals surface area contributed by atoms with Crippen LogP contribution in [0.1, 0.15) is 12.5 Å². The second-order valence-electron chi connectivity index (χ2n) is 5.74. The average molecular weight is 471 g/mol. The van der Waals surface area contributed by atoms with E-state index >= 15 is 0 Å². The van der Waals surface area contributed by atoms with Crippen molar-refractivity contribution in [3.05, 3.63) is 57.1 Å². The van der Waals surface area contributed by atoms with Crippen molar-refractivity contribution >= 4 is 42.5 Å². The Labute approximate surface area is 175 Å². The van der Waals surface area contributed by atoms with Gasteiger partial charge in [-0.3, -0.25) is 10.1 Å². The summed E-state index contributed by atoms with van der Waals surface area (Å²) in [5, 5.41) is 11.1. The smallest absolute Gasteiger partial charge is 0.416 e. The van der Waals surface area contributed by atoms with Crippen LogP contribution in [-0.2, 0) is 10.7 Å². The van der Waals surface area contributed by atoms with Crippen molar-refractivity contribution in [2.45, 2.75) is 13.1 Å². The van der Waals surface area contributed by atoms with E-state index in [0.29, 0.717) is 0 Å². The van der Waals surface area contributed by atoms with Crippen molar-refractivity contribution in [1.82, 2.24) is 0 Å². The molecule has 0 aliphatic heterocycles. The summed E-state index contributed by atoms with van der Waals surface area (Å²) in [5.74, 6) is 0.105. The van der Waals surface area contributed by atoms with E-state index in [1.54, 1.807) is 6.92 Å². The molecule has 0 fully saturated rings. The van der Waals surface area contributed by atoms with Crippen LogP contribution in [-0.4, -0.2) is 23.5 Å². The fraction of sp³-hybridized carbons (Fsp3) is 0.294. The predicted molar refractivity (Wildman–Crippen MR) is 107 cm³/mol. The van der Waals surface area contributed by atoms with Gasteiger partial charge in [0.2, 0.25) is 0 Å². The van der Waals surface area contributed by atoms with Gasteiger partial charge in [0.05, 0.1) is 15.5 Å². The van der Waals surface area contributed by atoms with E-state index in [4.69, 9.17) is 27.9 Å². The highest BCUT2D eigenvalue weighted by Gasteiger charge is 2.31. The number of nitrogens with zero attached hydrogens (tertiary/aromatic N) is 2. The first kappa shape index (κ1) is 23.3. The second kappa shape index (κ2) is 9.69. The zero-order valence-electron chi connectivity index (χ0n) is 15.0. The summed E-state index contributed by atoms with van der Waals surface area (Å²) >= 11 is 11.6. The Morgan fingerprint density at radius 2 is 1.93 bits per heavy atom. The molecule has 12 heteroatoms. The van der Waals surface area contributed by atoms with Crippen LogP contribution in [0, 0.1) is 10.1 Å². The van der Waals surface area contributed by atoms with Gasteiger partial charge in [0.15, 0.2) is 7.95 Å². The van der Waals surface area contributed by atoms with E-state index in [9.17, 15) is 27.9 Å². The first-order valence-electron chi connectivity index (χ1n) is 8.27. The number of nitro groups is 1. The molecule has 0 radical (unpaired) electrons. The van der Waals surface area contributed by atoms with Crippen LogP contribution in [0.5, 0.6) is 11.5 Å². The molecule has 1 unspecified atom stereocenters. The number of hydrogen-bond acceptors (Lipinski definition) is 4. The minimum absolute atomic E-state index is 0.0434. The van der Waals surface area contributed by atoms with E-state index in [1.807, 2.05) is 0 Å². The zero-order valence-corrected chi connectivity index (χ0v) is 17.5. The van der Waals surface area contributed by atoms with Crippen LogP contribution in [0.15, 0.2) is 36.4 Å². The second-order valence-corrected chi connectivity index (χ2v) is 8.56. The Hall–Kier alpha value is -1.96. The summed E-state index contributed by atoms with van der Waals surface area (Å²) in [4.78, 5) is 10.8. The maximum Gasteiger partial charge on any atom is 0.416 e. The number of ether oxygens (including phenoxy) is 1. The third kappa shape index (κ3) is 5.78. The lowest BCUT2D eigenvalue weighted by Gasteiger charge is -2.23. The number of halogens is 5. The maximum absolute atomic E-state index is 12.8. The van der Waals surface area contributed by atoms with Gasteiger partial charge in [0, 0.05) is 30.7 Å². The van der Waals surface area contributed by atoms with E-state index in [2.05, 4.69) is 0 Å². The number of hydrogen-bond donors (Lipinski definition) is 0. The molecule has 0 aliphatic rings. The molecular weight excluding hydrogens is 455 g/mol. The summed E-state index contributed by atoms with van der Waals surface area (Å²) in [7, 11) is -2.37. The maximum atomic E-state index is 12.8. The van der Waals surface area contributed by atoms with Crippen LogP contribution >= 0.6 is 31.2 Å². The summed E-state index contributed by atoms with van der Waals surface area (Å²) < 4.78 is 57.6. The number of rotatable bonds is 8. The highest BCUT2D eigenvalue weighted by Crippen LogP contribution is 2.42. The molecule has 0 spiro atoms. The Kier molecular flexibility index (Phi) is 7.80. The number of alkyl halides is 4. The van der Waals surface area contributed by atoms with Crippen molar-refractivity contribution in [2.75, 3.05) is 23.3 Å². The van der Waals surface area contributed by atoms with Crippen LogP contribution in [0.3, 0.4) is 0 Å². The molecule has 0 N–H and O–H groups in total. The quantitative estimate of drug-likeness (QED) is 0.188. The topological polar surface area (TPSA) is 72.7 Å². The molecule has 6 nitrogen and oxygen atoms in total. The monoisotopic (exact) mass is 470 g/mol. The average Bonchev–Trinajstić information content (AvgIpc) is 2.66. The first-order valence-corrected chi connectivity index (χ1v) is 10.7. The lowest BCUT2D eigenvalue weighted by Crippen LogP contribution is -2.19. The molecule has 2 aromatic carbocycles. The molecule has 0 aliphatic carbocycles. The van der Waals surface area contributed by atoms with Gasteiger partial charge in [0.1, 0.15) is 17.2 Å². The Balaban J connectivity index is 2.45. The lowest BCUT2D eigenvalue weighted by atomic mass is 10.2. The molecule has 0 saturated heterocycles. The molecule has 2 aromatic rings. The highest BCUT2D eigenvalue weighted by atomic mass is 35.5. The normalized spacial score (nSPS) is 12.5. The minimum atomic E-state index is -4.56. The first-order chi connectivity index (χ1) is 13.6. The summed E-state index contributed by atoms with van der Waals surface area (Å²) in [6.07, 6.45) is -4.29. The Morgan fingerprint density at radius 1 is 1.24 bits per heavy atom. The van der Waals surface area contributed by atoms with Gasteiger partial charge >= 0.3 is 6.18 Å². The molecule has 0 saturated carbocycles. The molecule has 0 heterocycles. The summed E-state index contributed by atoms with van der Waals surface area (Å²) in [6.45, 7) is 1.79. The molecule has 0 amide bonds. The van der Waals surface area contributed by atoms with Gasteiger partial charge < -0.3 is 14.0 Å². The van der Waals surface area contributed by atoms with Gasteiger partial charge in [0.25, 0.3) is 5.69 Å². The van der Waals surface area contributed by atoms with E-state index in [-0.39, 0.29) is 46.5 Å². The van der Waals surface area contributed by atoms with Crippen LogP contribution in [0.2, 0.25) is 5.02 Å². The lowest BCUT2D eigenvalue weighted by molar-refractivity contribution is -0.384. The predicted octanol–water partition coefficient (Wildman–Crippen LogP) is 6.60. The fourth-order valence-electron chi connectivity index (χ4n) is 2.48. The number of anilines is 1. The Bertz CT molecular complexity index is 928. The van der Waals surface area contributed by atoms with Crippen molar-refractivity contribution in [1.29, 1.82) is 0 Å². The van der Waals surface area contributed by atoms with Gasteiger partial charge in [-0.05, 0) is 24.3 Å². The van der Waals surface area contributed by atoms with Crippen molar-refractivity contribution in [2.24, 2.45) is 0 Å². The van der Waals surface area contributed by atoms with E-state index in [0.717, 1.165) is 24.3 Å². The molecule has 158 valence electrons. The molecule has 29 heavy (non-hydrogen) atoms. The SMILES string of the molecule is CC[PH](=O)N(CCCl)c1cc(Oc2ccc(C(F)(F)F)cc2Cl)ccc1[N+](=O)[O-]. The van der Waals surface area contributed by atoms with Gasteiger partial charge in [-0.1, -0.05) is 18.5 Å². The molecule has 0 aromatic heterocycles. The van der Waals surface area contributed by atoms with E-state index in [1.165, 1.54) is 16.8 Å². The number of benzene rings is 2. The number of nitro benzene ring substituents is 1. The van der Waals surface area contributed by atoms with Crippen LogP contribution in [0.4, 0.5) is 24.5 Å². The zero-order chi connectivity index (χ0) is 21.8. The molecule has 0 bridgehead atoms. The van der Waals surface area contributed by atoms with Gasteiger partial charge in [-0.25, -0.2) is 0 Å². The van der Waals surface area contributed by atoms with Gasteiger partial charge in [-0.2, -0.15) is 13.2 Å². The molecular formula is C17H16Cl2F3N2O4P. The van der Waals surface area contributed by atoms with Crippen molar-refractivity contribution in [3.63, 3.8) is 0 Å². The summed E-state index contributed by atoms with van der Waals surface area (Å²) in [5.41, 5.74) is -1.19.